The molecule has 1 aromatic carbocycles. The van der Waals surface area contributed by atoms with Crippen LogP contribution < -0.4 is 4.90 Å². The number of hydrogen-bond donors (Lipinski definition) is 1. The number of nitrogens with zero attached hydrogens (tertiary/aromatic N) is 6. The van der Waals surface area contributed by atoms with Gasteiger partial charge in [0, 0.05) is 61.6 Å². The van der Waals surface area contributed by atoms with Crippen LogP contribution in [0, 0.1) is 11.7 Å². The Hall–Kier alpha value is -3.13. The average molecular weight is 392 g/mol. The Balaban J connectivity index is 1.50. The van der Waals surface area contributed by atoms with E-state index in [4.69, 9.17) is 0 Å². The minimum atomic E-state index is -0.274. The maximum absolute atomic E-state index is 14.7. The number of aliphatic hydroxyl groups excluding tert-OH is 1. The highest BCUT2D eigenvalue weighted by atomic mass is 19.1. The molecule has 148 valence electrons. The van der Waals surface area contributed by atoms with Gasteiger partial charge in [-0.1, -0.05) is 0 Å². The number of aryl methyl sites for hydroxylation is 1. The molecule has 2 aromatic heterocycles. The Morgan fingerprint density at radius 2 is 2.10 bits per heavy atom. The normalized spacial score (nSPS) is 18.2. The lowest BCUT2D eigenvalue weighted by Gasteiger charge is -2.17. The van der Waals surface area contributed by atoms with Crippen molar-refractivity contribution in [1.29, 1.82) is 0 Å². The van der Waals surface area contributed by atoms with Gasteiger partial charge in [0.25, 0.3) is 0 Å². The molecular weight excluding hydrogens is 371 g/mol. The molecule has 4 heterocycles. The van der Waals surface area contributed by atoms with Crippen LogP contribution >= 0.6 is 0 Å². The number of aliphatic imine (C=N–C) groups is 1. The summed E-state index contributed by atoms with van der Waals surface area (Å²) in [6, 6.07) is 5.33. The summed E-state index contributed by atoms with van der Waals surface area (Å²) >= 11 is 0. The maximum atomic E-state index is 14.7. The monoisotopic (exact) mass is 392 g/mol. The van der Waals surface area contributed by atoms with Crippen molar-refractivity contribution in [1.82, 2.24) is 19.7 Å². The molecule has 0 saturated carbocycles. The van der Waals surface area contributed by atoms with Crippen molar-refractivity contribution in [3.05, 3.63) is 59.6 Å². The molecule has 0 unspecified atom stereocenters. The summed E-state index contributed by atoms with van der Waals surface area (Å²) in [7, 11) is 1.81. The van der Waals surface area contributed by atoms with Crippen molar-refractivity contribution in [2.45, 2.75) is 13.0 Å². The number of aromatic nitrogens is 4. The first-order valence-corrected chi connectivity index (χ1v) is 9.67. The first-order chi connectivity index (χ1) is 14.1. The fraction of sp³-hybridized carbons (Fsp3) is 0.333. The minimum absolute atomic E-state index is 0.192. The van der Waals surface area contributed by atoms with Gasteiger partial charge in [-0.3, -0.25) is 9.67 Å². The number of rotatable bonds is 4. The van der Waals surface area contributed by atoms with Crippen LogP contribution in [0.15, 0.2) is 41.9 Å². The third-order valence-corrected chi connectivity index (χ3v) is 5.63. The lowest BCUT2D eigenvalue weighted by molar-refractivity contribution is 0.238. The summed E-state index contributed by atoms with van der Waals surface area (Å²) < 4.78 is 16.3. The molecule has 2 aliphatic heterocycles. The van der Waals surface area contributed by atoms with Crippen molar-refractivity contribution in [3.8, 4) is 11.1 Å². The summed E-state index contributed by atoms with van der Waals surface area (Å²) in [6.07, 6.45) is 5.95. The smallest absolute Gasteiger partial charge is 0.132 e. The first-order valence-electron chi connectivity index (χ1n) is 9.67. The third-order valence-electron chi connectivity index (χ3n) is 5.63. The fourth-order valence-electron chi connectivity index (χ4n) is 4.05. The van der Waals surface area contributed by atoms with Crippen LogP contribution in [0.1, 0.15) is 23.2 Å². The molecule has 1 atom stereocenters. The molecule has 0 spiro atoms. The Morgan fingerprint density at radius 1 is 1.21 bits per heavy atom. The topological polar surface area (TPSA) is 79.4 Å². The van der Waals surface area contributed by atoms with Gasteiger partial charge in [0.2, 0.25) is 0 Å². The van der Waals surface area contributed by atoms with Gasteiger partial charge in [-0.2, -0.15) is 5.10 Å². The van der Waals surface area contributed by atoms with Crippen LogP contribution in [0.5, 0.6) is 0 Å². The Labute approximate surface area is 167 Å². The van der Waals surface area contributed by atoms with E-state index in [0.717, 1.165) is 53.4 Å². The number of fused-ring (bicyclic) bond motifs is 1. The third kappa shape index (κ3) is 3.19. The summed E-state index contributed by atoms with van der Waals surface area (Å²) in [5, 5.41) is 13.5. The van der Waals surface area contributed by atoms with E-state index < -0.39 is 0 Å². The van der Waals surface area contributed by atoms with Crippen LogP contribution in [-0.2, 0) is 13.6 Å². The largest absolute Gasteiger partial charge is 0.396 e. The second kappa shape index (κ2) is 7.04. The molecule has 5 rings (SSSR count). The van der Waals surface area contributed by atoms with Crippen LogP contribution in [0.4, 0.5) is 10.2 Å². The van der Waals surface area contributed by atoms with Crippen molar-refractivity contribution >= 4 is 11.5 Å². The zero-order chi connectivity index (χ0) is 20.0. The molecule has 1 saturated heterocycles. The first kappa shape index (κ1) is 17.9. The Kier molecular flexibility index (Phi) is 4.35. The van der Waals surface area contributed by atoms with E-state index in [2.05, 4.69) is 25.0 Å². The van der Waals surface area contributed by atoms with Crippen LogP contribution in [0.2, 0.25) is 0 Å². The maximum Gasteiger partial charge on any atom is 0.132 e. The van der Waals surface area contributed by atoms with E-state index in [1.54, 1.807) is 29.5 Å². The number of benzene rings is 1. The zero-order valence-corrected chi connectivity index (χ0v) is 16.1. The van der Waals surface area contributed by atoms with Gasteiger partial charge < -0.3 is 10.0 Å². The van der Waals surface area contributed by atoms with Gasteiger partial charge in [-0.25, -0.2) is 14.4 Å². The van der Waals surface area contributed by atoms with Crippen molar-refractivity contribution in [3.63, 3.8) is 0 Å². The Morgan fingerprint density at radius 3 is 2.86 bits per heavy atom. The van der Waals surface area contributed by atoms with E-state index in [-0.39, 0.29) is 18.3 Å². The quantitative estimate of drug-likeness (QED) is 0.736. The molecule has 0 radical (unpaired) electrons. The van der Waals surface area contributed by atoms with Crippen LogP contribution in [0.3, 0.4) is 0 Å². The van der Waals surface area contributed by atoms with Gasteiger partial charge in [0.1, 0.15) is 18.0 Å². The summed E-state index contributed by atoms with van der Waals surface area (Å²) in [5.74, 6) is 0.836. The van der Waals surface area contributed by atoms with E-state index >= 15 is 0 Å². The van der Waals surface area contributed by atoms with Crippen molar-refractivity contribution in [2.75, 3.05) is 24.6 Å². The zero-order valence-electron chi connectivity index (χ0n) is 16.1. The highest BCUT2D eigenvalue weighted by molar-refractivity contribution is 6.14. The van der Waals surface area contributed by atoms with Gasteiger partial charge in [0.15, 0.2) is 0 Å². The predicted molar refractivity (Wildman–Crippen MR) is 107 cm³/mol. The summed E-state index contributed by atoms with van der Waals surface area (Å²) in [6.45, 7) is 2.27. The molecule has 0 bridgehead atoms. The molecule has 8 heteroatoms. The van der Waals surface area contributed by atoms with Crippen molar-refractivity contribution in [2.24, 2.45) is 18.0 Å². The molecule has 2 aliphatic rings. The number of halogens is 1. The fourth-order valence-corrected chi connectivity index (χ4v) is 4.05. The average Bonchev–Trinajstić information content (AvgIpc) is 3.46. The highest BCUT2D eigenvalue weighted by Gasteiger charge is 2.26. The number of hydrogen-bond acceptors (Lipinski definition) is 6. The standard InChI is InChI=1S/C21H21FN6O/c1-27-10-15(8-26-27)16-5-17-14(4-18(16)22)7-23-21(17)19-6-20(25-12-24-19)28-3-2-13(9-28)11-29/h4-6,8,10,12-13,29H,2-3,7,9,11H2,1H3/t13-/m1/s1. The van der Waals surface area contributed by atoms with Crippen molar-refractivity contribution < 1.29 is 9.50 Å². The molecule has 0 aliphatic carbocycles. The van der Waals surface area contributed by atoms with Gasteiger partial charge in [-0.15, -0.1) is 0 Å². The predicted octanol–water partition coefficient (Wildman–Crippen LogP) is 2.19. The summed E-state index contributed by atoms with van der Waals surface area (Å²) in [5.41, 5.74) is 4.47. The van der Waals surface area contributed by atoms with E-state index in [0.29, 0.717) is 12.1 Å². The molecule has 1 N–H and O–H groups in total. The van der Waals surface area contributed by atoms with Gasteiger partial charge in [0.05, 0.1) is 24.1 Å². The molecule has 0 amide bonds. The molecular formula is C21H21FN6O. The second-order valence-corrected chi connectivity index (χ2v) is 7.60. The van der Waals surface area contributed by atoms with Gasteiger partial charge in [-0.05, 0) is 24.1 Å². The second-order valence-electron chi connectivity index (χ2n) is 7.60. The van der Waals surface area contributed by atoms with E-state index in [1.165, 1.54) is 0 Å². The SMILES string of the molecule is Cn1cc(-c2cc3c(cc2F)CN=C3c2cc(N3CC[C@@H](CO)C3)ncn2)cn1. The Bertz CT molecular complexity index is 1110. The van der Waals surface area contributed by atoms with E-state index in [9.17, 15) is 9.50 Å². The minimum Gasteiger partial charge on any atom is -0.396 e. The molecule has 1 fully saturated rings. The molecule has 7 nitrogen and oxygen atoms in total. The highest BCUT2D eigenvalue weighted by Crippen LogP contribution is 2.31. The van der Waals surface area contributed by atoms with E-state index in [1.807, 2.05) is 19.2 Å². The molecule has 29 heavy (non-hydrogen) atoms. The van der Waals surface area contributed by atoms with Gasteiger partial charge >= 0.3 is 0 Å². The van der Waals surface area contributed by atoms with Crippen LogP contribution in [0.25, 0.3) is 11.1 Å². The lowest BCUT2D eigenvalue weighted by atomic mass is 9.97. The summed E-state index contributed by atoms with van der Waals surface area (Å²) in [4.78, 5) is 15.6. The lowest BCUT2D eigenvalue weighted by Crippen LogP contribution is -2.22. The number of anilines is 1. The number of aliphatic hydroxyl groups is 1. The van der Waals surface area contributed by atoms with Crippen LogP contribution in [-0.4, -0.2) is 50.3 Å². The molecule has 3 aromatic rings.